The van der Waals surface area contributed by atoms with E-state index in [1.54, 1.807) is 7.05 Å². The summed E-state index contributed by atoms with van der Waals surface area (Å²) >= 11 is 0. The molecular weight excluding hydrogens is 324 g/mol. The van der Waals surface area contributed by atoms with Crippen molar-refractivity contribution in [1.29, 1.82) is 0 Å². The lowest BCUT2D eigenvalue weighted by Crippen LogP contribution is -2.36. The Balaban J connectivity index is 1.73. The van der Waals surface area contributed by atoms with Gasteiger partial charge in [0.1, 0.15) is 5.82 Å². The minimum Gasteiger partial charge on any atom is -0.363 e. The van der Waals surface area contributed by atoms with Gasteiger partial charge in [0.25, 0.3) is 0 Å². The van der Waals surface area contributed by atoms with E-state index < -0.39 is 0 Å². The molecule has 0 aliphatic carbocycles. The van der Waals surface area contributed by atoms with Crippen molar-refractivity contribution in [2.75, 3.05) is 26.0 Å². The molecule has 1 aromatic carbocycles. The van der Waals surface area contributed by atoms with Gasteiger partial charge in [-0.05, 0) is 29.3 Å². The number of benzene rings is 1. The molecule has 0 aliphatic rings. The Morgan fingerprint density at radius 3 is 2.62 bits per heavy atom. The molecule has 0 saturated carbocycles. The summed E-state index contributed by atoms with van der Waals surface area (Å²) in [6.07, 6.45) is 4.14. The predicted molar refractivity (Wildman–Crippen MR) is 109 cm³/mol. The van der Waals surface area contributed by atoms with E-state index in [9.17, 15) is 0 Å². The van der Waals surface area contributed by atoms with Crippen molar-refractivity contribution in [3.8, 4) is 0 Å². The third-order valence-electron chi connectivity index (χ3n) is 4.27. The Kier molecular flexibility index (Phi) is 5.41. The predicted octanol–water partition coefficient (Wildman–Crippen LogP) is 2.50. The molecular formula is C20H26N6. The second-order valence-electron chi connectivity index (χ2n) is 6.52. The largest absolute Gasteiger partial charge is 0.363 e. The van der Waals surface area contributed by atoms with Crippen LogP contribution in [-0.2, 0) is 20.1 Å². The van der Waals surface area contributed by atoms with Crippen LogP contribution in [0.5, 0.6) is 0 Å². The molecule has 0 fully saturated rings. The van der Waals surface area contributed by atoms with Gasteiger partial charge in [-0.3, -0.25) is 4.99 Å². The van der Waals surface area contributed by atoms with Crippen LogP contribution in [0.2, 0.25) is 0 Å². The van der Waals surface area contributed by atoms with E-state index in [0.717, 1.165) is 29.2 Å². The fraction of sp³-hybridized carbons (Fsp3) is 0.300. The first-order valence-corrected chi connectivity index (χ1v) is 8.68. The van der Waals surface area contributed by atoms with Gasteiger partial charge in [0.2, 0.25) is 0 Å². The molecule has 3 rings (SSSR count). The zero-order chi connectivity index (χ0) is 18.5. The van der Waals surface area contributed by atoms with Crippen molar-refractivity contribution < 1.29 is 0 Å². The van der Waals surface area contributed by atoms with Gasteiger partial charge in [0.15, 0.2) is 5.96 Å². The number of nitrogens with one attached hydrogen (secondary N) is 2. The van der Waals surface area contributed by atoms with E-state index in [2.05, 4.69) is 40.0 Å². The first kappa shape index (κ1) is 17.8. The van der Waals surface area contributed by atoms with Gasteiger partial charge < -0.3 is 20.1 Å². The monoisotopic (exact) mass is 350 g/mol. The summed E-state index contributed by atoms with van der Waals surface area (Å²) < 4.78 is 2.04. The summed E-state index contributed by atoms with van der Waals surface area (Å²) in [7, 11) is 7.83. The van der Waals surface area contributed by atoms with Gasteiger partial charge in [-0.1, -0.05) is 18.2 Å². The van der Waals surface area contributed by atoms with Crippen LogP contribution in [0.4, 0.5) is 5.82 Å². The second-order valence-corrected chi connectivity index (χ2v) is 6.52. The lowest BCUT2D eigenvalue weighted by Gasteiger charge is -2.16. The summed E-state index contributed by atoms with van der Waals surface area (Å²) in [4.78, 5) is 11.1. The number of aliphatic imine (C=N–C) groups is 1. The minimum absolute atomic E-state index is 0.679. The molecule has 0 spiro atoms. The van der Waals surface area contributed by atoms with Gasteiger partial charge in [0.05, 0.1) is 5.52 Å². The van der Waals surface area contributed by atoms with Crippen LogP contribution in [-0.4, -0.2) is 36.7 Å². The average molecular weight is 350 g/mol. The second kappa shape index (κ2) is 7.91. The summed E-state index contributed by atoms with van der Waals surface area (Å²) in [5.41, 5.74) is 3.42. The number of hydrogen-bond acceptors (Lipinski definition) is 3. The third kappa shape index (κ3) is 4.14. The highest BCUT2D eigenvalue weighted by Crippen LogP contribution is 2.21. The normalized spacial score (nSPS) is 11.6. The van der Waals surface area contributed by atoms with Gasteiger partial charge in [0, 0.05) is 59.1 Å². The highest BCUT2D eigenvalue weighted by atomic mass is 15.2. The van der Waals surface area contributed by atoms with Crippen LogP contribution in [0.3, 0.4) is 0 Å². The smallest absolute Gasteiger partial charge is 0.191 e. The summed E-state index contributed by atoms with van der Waals surface area (Å²) in [5, 5.41) is 7.92. The molecule has 2 aromatic heterocycles. The number of aryl methyl sites for hydroxylation is 1. The van der Waals surface area contributed by atoms with Crippen molar-refractivity contribution in [3.63, 3.8) is 0 Å². The zero-order valence-electron chi connectivity index (χ0n) is 15.8. The van der Waals surface area contributed by atoms with E-state index in [0.29, 0.717) is 6.54 Å². The standard InChI is InChI=1S/C20H26N6/c1-21-20(22-12-15-9-10-26(4)14-15)23-13-16-11-19(25(2)3)24-18-8-6-5-7-17(16)18/h5-11,14H,12-13H2,1-4H3,(H2,21,22,23). The molecule has 0 unspecified atom stereocenters. The minimum atomic E-state index is 0.679. The molecule has 2 N–H and O–H groups in total. The number of rotatable bonds is 5. The van der Waals surface area contributed by atoms with Crippen molar-refractivity contribution in [2.45, 2.75) is 13.1 Å². The Hall–Kier alpha value is -3.02. The van der Waals surface area contributed by atoms with Crippen LogP contribution in [0, 0.1) is 0 Å². The van der Waals surface area contributed by atoms with E-state index in [4.69, 9.17) is 4.98 Å². The summed E-state index contributed by atoms with van der Waals surface area (Å²) in [5.74, 6) is 1.73. The highest BCUT2D eigenvalue weighted by molar-refractivity contribution is 5.85. The molecule has 0 atom stereocenters. The quantitative estimate of drug-likeness (QED) is 0.548. The van der Waals surface area contributed by atoms with Gasteiger partial charge in [-0.15, -0.1) is 0 Å². The van der Waals surface area contributed by atoms with Crippen molar-refractivity contribution >= 4 is 22.7 Å². The molecule has 0 aliphatic heterocycles. The van der Waals surface area contributed by atoms with E-state index in [1.807, 2.05) is 55.0 Å². The number of pyridine rings is 1. The topological polar surface area (TPSA) is 57.5 Å². The first-order chi connectivity index (χ1) is 12.6. The van der Waals surface area contributed by atoms with Crippen molar-refractivity contribution in [3.05, 3.63) is 59.9 Å². The maximum absolute atomic E-state index is 4.71. The molecule has 0 saturated heterocycles. The Morgan fingerprint density at radius 2 is 1.92 bits per heavy atom. The van der Waals surface area contributed by atoms with Crippen LogP contribution in [0.15, 0.2) is 53.8 Å². The molecule has 0 bridgehead atoms. The maximum atomic E-state index is 4.71. The third-order valence-corrected chi connectivity index (χ3v) is 4.27. The van der Waals surface area contributed by atoms with Gasteiger partial charge >= 0.3 is 0 Å². The number of fused-ring (bicyclic) bond motifs is 1. The van der Waals surface area contributed by atoms with Crippen LogP contribution in [0.1, 0.15) is 11.1 Å². The van der Waals surface area contributed by atoms with E-state index in [1.165, 1.54) is 11.1 Å². The lowest BCUT2D eigenvalue weighted by atomic mass is 10.1. The number of anilines is 1. The Labute approximate surface area is 154 Å². The van der Waals surface area contributed by atoms with Crippen LogP contribution >= 0.6 is 0 Å². The fourth-order valence-corrected chi connectivity index (χ4v) is 2.86. The fourth-order valence-electron chi connectivity index (χ4n) is 2.86. The van der Waals surface area contributed by atoms with Crippen molar-refractivity contribution in [1.82, 2.24) is 20.2 Å². The number of para-hydroxylation sites is 1. The average Bonchev–Trinajstić information content (AvgIpc) is 3.06. The van der Waals surface area contributed by atoms with Crippen molar-refractivity contribution in [2.24, 2.45) is 12.0 Å². The highest BCUT2D eigenvalue weighted by Gasteiger charge is 2.08. The molecule has 2 heterocycles. The molecule has 0 amide bonds. The Bertz CT molecular complexity index is 910. The SMILES string of the molecule is CN=C(NCc1ccn(C)c1)NCc1cc(N(C)C)nc2ccccc12. The molecule has 136 valence electrons. The number of guanidine groups is 1. The number of aromatic nitrogens is 2. The van der Waals surface area contributed by atoms with Crippen LogP contribution < -0.4 is 15.5 Å². The summed E-state index contributed by atoms with van der Waals surface area (Å²) in [6.45, 7) is 1.42. The van der Waals surface area contributed by atoms with Gasteiger partial charge in [-0.25, -0.2) is 4.98 Å². The number of hydrogen-bond donors (Lipinski definition) is 2. The maximum Gasteiger partial charge on any atom is 0.191 e. The molecule has 3 aromatic rings. The van der Waals surface area contributed by atoms with Gasteiger partial charge in [-0.2, -0.15) is 0 Å². The zero-order valence-corrected chi connectivity index (χ0v) is 15.8. The summed E-state index contributed by atoms with van der Waals surface area (Å²) in [6, 6.07) is 12.4. The molecule has 6 nitrogen and oxygen atoms in total. The molecule has 26 heavy (non-hydrogen) atoms. The molecule has 0 radical (unpaired) electrons. The van der Waals surface area contributed by atoms with E-state index in [-0.39, 0.29) is 0 Å². The van der Waals surface area contributed by atoms with E-state index >= 15 is 0 Å². The van der Waals surface area contributed by atoms with Crippen LogP contribution in [0.25, 0.3) is 10.9 Å². The lowest BCUT2D eigenvalue weighted by molar-refractivity contribution is 0.808. The number of nitrogens with zero attached hydrogens (tertiary/aromatic N) is 4. The molecule has 6 heteroatoms. The first-order valence-electron chi connectivity index (χ1n) is 8.68. The Morgan fingerprint density at radius 1 is 1.15 bits per heavy atom.